The number of aliphatic imine (C=N–C) groups is 1. The highest BCUT2D eigenvalue weighted by molar-refractivity contribution is 8.14. The van der Waals surface area contributed by atoms with E-state index in [1.54, 1.807) is 11.8 Å². The molecule has 1 aromatic heterocycles. The molecule has 21 heavy (non-hydrogen) atoms. The second-order valence-electron chi connectivity index (χ2n) is 3.64. The van der Waals surface area contributed by atoms with Crippen molar-refractivity contribution in [1.29, 1.82) is 0 Å². The summed E-state index contributed by atoms with van der Waals surface area (Å²) >= 11 is 7.25. The number of carbonyl (C=O) groups excluding carboxylic acids is 1. The summed E-state index contributed by atoms with van der Waals surface area (Å²) in [5.41, 5.74) is 18.4. The largest absolute Gasteiger partial charge is 0.382 e. The molecule has 0 radical (unpaired) electrons. The lowest BCUT2D eigenvalue weighted by Gasteiger charge is -2.05. The van der Waals surface area contributed by atoms with Crippen molar-refractivity contribution in [3.05, 3.63) is 10.8 Å². The number of amidine groups is 1. The van der Waals surface area contributed by atoms with E-state index in [-0.39, 0.29) is 22.5 Å². The average Bonchev–Trinajstić information content (AvgIpc) is 2.95. The van der Waals surface area contributed by atoms with Gasteiger partial charge in [0.15, 0.2) is 27.7 Å². The summed E-state index contributed by atoms with van der Waals surface area (Å²) in [6.45, 7) is 0.776. The minimum atomic E-state index is -0.660. The first-order chi connectivity index (χ1) is 10.1. The van der Waals surface area contributed by atoms with Crippen LogP contribution in [0.2, 0.25) is 5.15 Å². The van der Waals surface area contributed by atoms with E-state index in [1.807, 2.05) is 0 Å². The number of nitrogen functional groups attached to an aromatic ring is 2. The van der Waals surface area contributed by atoms with Crippen LogP contribution in [-0.4, -0.2) is 39.7 Å². The van der Waals surface area contributed by atoms with Crippen LogP contribution in [-0.2, 0) is 0 Å². The van der Waals surface area contributed by atoms with Gasteiger partial charge in [0.25, 0.3) is 5.91 Å². The number of aromatic nitrogens is 2. The molecule has 0 spiro atoms. The Morgan fingerprint density at radius 3 is 2.90 bits per heavy atom. The van der Waals surface area contributed by atoms with E-state index >= 15 is 0 Å². The molecule has 1 aromatic rings. The molecule has 0 aromatic carbocycles. The van der Waals surface area contributed by atoms with Crippen molar-refractivity contribution in [2.24, 2.45) is 10.1 Å². The highest BCUT2D eigenvalue weighted by Crippen LogP contribution is 2.17. The van der Waals surface area contributed by atoms with Crippen molar-refractivity contribution in [1.82, 2.24) is 26.2 Å². The van der Waals surface area contributed by atoms with Crippen molar-refractivity contribution in [2.45, 2.75) is 0 Å². The summed E-state index contributed by atoms with van der Waals surface area (Å²) in [5, 5.41) is 4.30. The fourth-order valence-corrected chi connectivity index (χ4v) is 2.11. The summed E-state index contributed by atoms with van der Waals surface area (Å²) in [7, 11) is 0. The first-order valence-corrected chi connectivity index (χ1v) is 7.03. The van der Waals surface area contributed by atoms with Gasteiger partial charge in [0.1, 0.15) is 6.34 Å². The molecule has 2 heterocycles. The van der Waals surface area contributed by atoms with Gasteiger partial charge in [0.2, 0.25) is 0 Å². The third kappa shape index (κ3) is 4.10. The molecule has 0 aliphatic carbocycles. The lowest BCUT2D eigenvalue weighted by molar-refractivity contribution is 0.0950. The third-order valence-corrected chi connectivity index (χ3v) is 3.35. The molecule has 1 amide bonds. The number of thioether (sulfide) groups is 1. The fraction of sp³-hybridized carbons (Fsp3) is 0.222. The Balaban J connectivity index is 1.85. The minimum absolute atomic E-state index is 0.0464. The quantitative estimate of drug-likeness (QED) is 0.272. The molecule has 12 heteroatoms. The molecule has 7 N–H and O–H groups in total. The standard InChI is InChI=1S/C9H12ClN9OS/c10-5-7(12)17-6(11)4(16-5)8(20)18-14-3-15-19-9-13-1-2-21-9/h3H,1-2H2,(H,13,19)(H,14,15)(H,18,20)(H4,11,12,17). The normalized spacial score (nSPS) is 14.0. The van der Waals surface area contributed by atoms with E-state index < -0.39 is 5.91 Å². The Morgan fingerprint density at radius 1 is 1.38 bits per heavy atom. The number of halogens is 1. The predicted molar refractivity (Wildman–Crippen MR) is 82.9 cm³/mol. The lowest BCUT2D eigenvalue weighted by Crippen LogP contribution is -2.35. The SMILES string of the molecule is Nc1nc(N)c(C(=O)NN=CNNC2=NCCS2)nc1Cl. The second kappa shape index (κ2) is 6.95. The molecule has 0 saturated heterocycles. The van der Waals surface area contributed by atoms with Crippen molar-refractivity contribution >= 4 is 52.4 Å². The van der Waals surface area contributed by atoms with Crippen LogP contribution in [0.1, 0.15) is 10.5 Å². The van der Waals surface area contributed by atoms with E-state index in [0.717, 1.165) is 17.5 Å². The van der Waals surface area contributed by atoms with Gasteiger partial charge in [0, 0.05) is 5.75 Å². The molecule has 1 aliphatic heterocycles. The van der Waals surface area contributed by atoms with E-state index in [9.17, 15) is 4.79 Å². The van der Waals surface area contributed by atoms with E-state index in [2.05, 4.69) is 36.3 Å². The number of nitrogens with two attached hydrogens (primary N) is 2. The zero-order chi connectivity index (χ0) is 15.2. The highest BCUT2D eigenvalue weighted by atomic mass is 35.5. The molecule has 0 atom stereocenters. The molecule has 2 rings (SSSR count). The highest BCUT2D eigenvalue weighted by Gasteiger charge is 2.15. The van der Waals surface area contributed by atoms with Gasteiger partial charge in [-0.15, -0.1) is 0 Å². The minimum Gasteiger partial charge on any atom is -0.382 e. The van der Waals surface area contributed by atoms with Gasteiger partial charge in [-0.05, 0) is 0 Å². The monoisotopic (exact) mass is 329 g/mol. The van der Waals surface area contributed by atoms with Gasteiger partial charge in [-0.1, -0.05) is 23.4 Å². The van der Waals surface area contributed by atoms with Gasteiger partial charge in [0.05, 0.1) is 6.54 Å². The number of nitrogens with zero attached hydrogens (tertiary/aromatic N) is 4. The van der Waals surface area contributed by atoms with E-state index in [0.29, 0.717) is 0 Å². The van der Waals surface area contributed by atoms with Gasteiger partial charge in [-0.2, -0.15) is 5.10 Å². The molecule has 0 unspecified atom stereocenters. The molecule has 0 bridgehead atoms. The van der Waals surface area contributed by atoms with Crippen molar-refractivity contribution < 1.29 is 4.79 Å². The number of anilines is 2. The Morgan fingerprint density at radius 2 is 2.19 bits per heavy atom. The number of rotatable bonds is 4. The fourth-order valence-electron chi connectivity index (χ4n) is 1.29. The first kappa shape index (κ1) is 15.1. The number of hydrazone groups is 1. The van der Waals surface area contributed by atoms with Crippen LogP contribution in [0.25, 0.3) is 0 Å². The molecule has 10 nitrogen and oxygen atoms in total. The van der Waals surface area contributed by atoms with Crippen LogP contribution < -0.4 is 27.7 Å². The molecule has 0 fully saturated rings. The summed E-state index contributed by atoms with van der Waals surface area (Å²) in [4.78, 5) is 23.3. The Labute approximate surface area is 128 Å². The summed E-state index contributed by atoms with van der Waals surface area (Å²) in [5.74, 6) is 0.100. The van der Waals surface area contributed by atoms with E-state index in [1.165, 1.54) is 6.34 Å². The van der Waals surface area contributed by atoms with Crippen LogP contribution in [0, 0.1) is 0 Å². The maximum atomic E-state index is 11.8. The third-order valence-electron chi connectivity index (χ3n) is 2.18. The summed E-state index contributed by atoms with van der Waals surface area (Å²) in [6, 6.07) is 0. The Hall–Kier alpha value is -2.27. The lowest BCUT2D eigenvalue weighted by atomic mass is 10.4. The van der Waals surface area contributed by atoms with Gasteiger partial charge >= 0.3 is 0 Å². The van der Waals surface area contributed by atoms with E-state index in [4.69, 9.17) is 23.1 Å². The van der Waals surface area contributed by atoms with Crippen molar-refractivity contribution in [3.63, 3.8) is 0 Å². The van der Waals surface area contributed by atoms with Gasteiger partial charge in [-0.25, -0.2) is 15.4 Å². The molecule has 1 aliphatic rings. The topological polar surface area (TPSA) is 156 Å². The van der Waals surface area contributed by atoms with Crippen LogP contribution in [0.3, 0.4) is 0 Å². The molecular formula is C9H12ClN9OS. The molecular weight excluding hydrogens is 318 g/mol. The van der Waals surface area contributed by atoms with Gasteiger partial charge in [-0.3, -0.25) is 20.6 Å². The molecule has 0 saturated carbocycles. The maximum Gasteiger partial charge on any atom is 0.293 e. The molecule has 112 valence electrons. The maximum absolute atomic E-state index is 11.8. The number of carbonyl (C=O) groups is 1. The first-order valence-electron chi connectivity index (χ1n) is 5.67. The number of hydrogen-bond donors (Lipinski definition) is 5. The zero-order valence-electron chi connectivity index (χ0n) is 10.6. The van der Waals surface area contributed by atoms with Crippen LogP contribution in [0.4, 0.5) is 11.6 Å². The number of hydrazine groups is 1. The van der Waals surface area contributed by atoms with Crippen LogP contribution in [0.5, 0.6) is 0 Å². The number of amides is 1. The smallest absolute Gasteiger partial charge is 0.293 e. The predicted octanol–water partition coefficient (Wildman–Crippen LogP) is -0.835. The summed E-state index contributed by atoms with van der Waals surface area (Å²) < 4.78 is 0. The van der Waals surface area contributed by atoms with Crippen molar-refractivity contribution in [2.75, 3.05) is 23.8 Å². The number of hydrogen-bond acceptors (Lipinski definition) is 9. The Bertz CT molecular complexity index is 605. The number of nitrogens with one attached hydrogen (secondary N) is 3. The van der Waals surface area contributed by atoms with Crippen LogP contribution in [0.15, 0.2) is 10.1 Å². The Kier molecular flexibility index (Phi) is 5.00. The summed E-state index contributed by atoms with van der Waals surface area (Å²) in [6.07, 6.45) is 1.24. The second-order valence-corrected chi connectivity index (χ2v) is 5.08. The van der Waals surface area contributed by atoms with Gasteiger partial charge < -0.3 is 11.5 Å². The zero-order valence-corrected chi connectivity index (χ0v) is 12.2. The van der Waals surface area contributed by atoms with Crippen molar-refractivity contribution in [3.8, 4) is 0 Å². The van der Waals surface area contributed by atoms with Crippen LogP contribution >= 0.6 is 23.4 Å². The average molecular weight is 330 g/mol.